The summed E-state index contributed by atoms with van der Waals surface area (Å²) in [7, 11) is 0. The Labute approximate surface area is 290 Å². The van der Waals surface area contributed by atoms with Gasteiger partial charge in [0.1, 0.15) is 0 Å². The van der Waals surface area contributed by atoms with Crippen molar-refractivity contribution >= 4 is 29.5 Å². The second-order valence-corrected chi connectivity index (χ2v) is 13.7. The standard InChI is InChI=1S/C41H38O7S/c1-25(2)38(45)47-40(19-9-21-42)31-12-6-5-11-29(31)37(44)30-23-27(15-17-32(30)40)28-16-18-34-36(24-28)49-35-14-8-7-13-33(35)41(34,20-10-22-43)48-39(46)26(3)4/h5-8,11-18,23-24,42-43H,1,3,9-10,19-22H2,2,4H3. The number of ketones is 1. The zero-order valence-electron chi connectivity index (χ0n) is 27.6. The highest BCUT2D eigenvalue weighted by Crippen LogP contribution is 2.53. The lowest BCUT2D eigenvalue weighted by molar-refractivity contribution is -0.154. The molecule has 0 bridgehead atoms. The smallest absolute Gasteiger partial charge is 0.334 e. The van der Waals surface area contributed by atoms with E-state index in [-0.39, 0.29) is 36.6 Å². The van der Waals surface area contributed by atoms with Crippen molar-refractivity contribution in [2.45, 2.75) is 60.5 Å². The Morgan fingerprint density at radius 1 is 0.653 bits per heavy atom. The van der Waals surface area contributed by atoms with Gasteiger partial charge < -0.3 is 19.7 Å². The molecule has 0 saturated carbocycles. The van der Waals surface area contributed by atoms with Crippen molar-refractivity contribution in [1.29, 1.82) is 0 Å². The SMILES string of the molecule is C=C(C)C(=O)OC1(CCCO)c2ccccc2Sc2cc(-c3ccc4c(c3)C(=O)c3ccccc3C4(CCCO)OC(=O)C(=C)C)ccc21. The molecule has 6 rings (SSSR count). The summed E-state index contributed by atoms with van der Waals surface area (Å²) >= 11 is 1.57. The number of benzene rings is 4. The van der Waals surface area contributed by atoms with E-state index in [1.165, 1.54) is 0 Å². The molecule has 2 N–H and O–H groups in total. The van der Waals surface area contributed by atoms with Crippen LogP contribution in [-0.2, 0) is 30.3 Å². The predicted molar refractivity (Wildman–Crippen MR) is 188 cm³/mol. The van der Waals surface area contributed by atoms with Crippen LogP contribution < -0.4 is 0 Å². The maximum atomic E-state index is 14.1. The first-order chi connectivity index (χ1) is 23.6. The number of carbonyl (C=O) groups is 3. The number of ether oxygens (including phenoxy) is 2. The molecule has 8 heteroatoms. The van der Waals surface area contributed by atoms with Crippen LogP contribution in [0, 0.1) is 0 Å². The van der Waals surface area contributed by atoms with Gasteiger partial charge in [0.05, 0.1) is 0 Å². The van der Waals surface area contributed by atoms with Gasteiger partial charge >= 0.3 is 11.9 Å². The Kier molecular flexibility index (Phi) is 9.49. The zero-order chi connectivity index (χ0) is 34.9. The Morgan fingerprint density at radius 3 is 1.76 bits per heavy atom. The molecular formula is C41H38O7S. The van der Waals surface area contributed by atoms with Crippen LogP contribution in [-0.4, -0.2) is 41.1 Å². The van der Waals surface area contributed by atoms with Gasteiger partial charge in [-0.2, -0.15) is 0 Å². The lowest BCUT2D eigenvalue weighted by Gasteiger charge is -2.40. The lowest BCUT2D eigenvalue weighted by atomic mass is 9.71. The molecule has 0 aromatic heterocycles. The lowest BCUT2D eigenvalue weighted by Crippen LogP contribution is -2.40. The number of esters is 2. The number of rotatable bonds is 11. The number of fused-ring (bicyclic) bond motifs is 4. The fraction of sp³-hybridized carbons (Fsp3) is 0.244. The Bertz CT molecular complexity index is 2010. The van der Waals surface area contributed by atoms with Crippen LogP contribution in [0.3, 0.4) is 0 Å². The summed E-state index contributed by atoms with van der Waals surface area (Å²) in [6, 6.07) is 26.4. The predicted octanol–water partition coefficient (Wildman–Crippen LogP) is 7.63. The molecule has 0 fully saturated rings. The molecule has 4 aromatic rings. The van der Waals surface area contributed by atoms with Crippen LogP contribution in [0.5, 0.6) is 0 Å². The van der Waals surface area contributed by atoms with Gasteiger partial charge in [-0.1, -0.05) is 91.6 Å². The molecule has 49 heavy (non-hydrogen) atoms. The van der Waals surface area contributed by atoms with E-state index >= 15 is 0 Å². The van der Waals surface area contributed by atoms with Crippen LogP contribution in [0.1, 0.15) is 77.7 Å². The maximum absolute atomic E-state index is 14.1. The average molecular weight is 675 g/mol. The first-order valence-electron chi connectivity index (χ1n) is 16.3. The number of hydrogen-bond acceptors (Lipinski definition) is 8. The van der Waals surface area contributed by atoms with E-state index in [1.54, 1.807) is 43.8 Å². The highest BCUT2D eigenvalue weighted by atomic mass is 32.2. The van der Waals surface area contributed by atoms with Crippen molar-refractivity contribution in [3.63, 3.8) is 0 Å². The minimum absolute atomic E-state index is 0.0666. The van der Waals surface area contributed by atoms with Crippen LogP contribution in [0.2, 0.25) is 0 Å². The Balaban J connectivity index is 1.50. The molecule has 7 nitrogen and oxygen atoms in total. The third kappa shape index (κ3) is 5.94. The zero-order valence-corrected chi connectivity index (χ0v) is 28.4. The van der Waals surface area contributed by atoms with E-state index in [1.807, 2.05) is 66.7 Å². The van der Waals surface area contributed by atoms with Gasteiger partial charge in [0.15, 0.2) is 17.0 Å². The third-order valence-corrected chi connectivity index (χ3v) is 10.3. The van der Waals surface area contributed by atoms with Crippen LogP contribution in [0.15, 0.2) is 119 Å². The number of aliphatic hydroxyl groups is 2. The highest BCUT2D eigenvalue weighted by Gasteiger charge is 2.47. The van der Waals surface area contributed by atoms with E-state index in [4.69, 9.17) is 9.47 Å². The molecule has 2 atom stereocenters. The summed E-state index contributed by atoms with van der Waals surface area (Å²) in [4.78, 5) is 42.1. The normalized spacial score (nSPS) is 18.7. The quantitative estimate of drug-likeness (QED) is 0.123. The van der Waals surface area contributed by atoms with E-state index in [2.05, 4.69) is 13.2 Å². The number of hydrogen-bond donors (Lipinski definition) is 2. The van der Waals surface area contributed by atoms with Crippen molar-refractivity contribution in [3.05, 3.63) is 143 Å². The summed E-state index contributed by atoms with van der Waals surface area (Å²) in [5.74, 6) is -1.28. The van der Waals surface area contributed by atoms with E-state index < -0.39 is 23.1 Å². The summed E-state index contributed by atoms with van der Waals surface area (Å²) in [5.41, 5.74) is 3.32. The van der Waals surface area contributed by atoms with Gasteiger partial charge in [-0.3, -0.25) is 4.79 Å². The molecule has 250 valence electrons. The second-order valence-electron chi connectivity index (χ2n) is 12.6. The molecule has 1 aliphatic carbocycles. The van der Waals surface area contributed by atoms with Gasteiger partial charge in [0, 0.05) is 67.5 Å². The number of carbonyl (C=O) groups excluding carboxylic acids is 3. The first kappa shape index (κ1) is 34.1. The molecular weight excluding hydrogens is 637 g/mol. The van der Waals surface area contributed by atoms with E-state index in [0.29, 0.717) is 41.5 Å². The van der Waals surface area contributed by atoms with Crippen molar-refractivity contribution in [1.82, 2.24) is 0 Å². The molecule has 0 saturated heterocycles. The topological polar surface area (TPSA) is 110 Å². The average Bonchev–Trinajstić information content (AvgIpc) is 3.11. The summed E-state index contributed by atoms with van der Waals surface area (Å²) in [6.45, 7) is 10.6. The second kappa shape index (κ2) is 13.6. The number of aliphatic hydroxyl groups excluding tert-OH is 2. The molecule has 2 unspecified atom stereocenters. The van der Waals surface area contributed by atoms with Crippen LogP contribution in [0.25, 0.3) is 11.1 Å². The van der Waals surface area contributed by atoms with Gasteiger partial charge in [-0.15, -0.1) is 0 Å². The Hall–Kier alpha value is -4.76. The fourth-order valence-electron chi connectivity index (χ4n) is 6.87. The maximum Gasteiger partial charge on any atom is 0.334 e. The van der Waals surface area contributed by atoms with Crippen molar-refractivity contribution in [2.24, 2.45) is 0 Å². The largest absolute Gasteiger partial charge is 0.446 e. The van der Waals surface area contributed by atoms with Crippen LogP contribution >= 0.6 is 11.8 Å². The summed E-state index contributed by atoms with van der Waals surface area (Å²) in [5, 5.41) is 19.7. The third-order valence-electron chi connectivity index (χ3n) is 9.20. The van der Waals surface area contributed by atoms with Gasteiger partial charge in [-0.05, 0) is 68.9 Å². The monoisotopic (exact) mass is 674 g/mol. The van der Waals surface area contributed by atoms with Crippen molar-refractivity contribution < 1.29 is 34.1 Å². The van der Waals surface area contributed by atoms with Crippen molar-refractivity contribution in [3.8, 4) is 11.1 Å². The molecule has 0 radical (unpaired) electrons. The molecule has 0 amide bonds. The Morgan fingerprint density at radius 2 is 1.14 bits per heavy atom. The minimum atomic E-state index is -1.30. The summed E-state index contributed by atoms with van der Waals surface area (Å²) in [6.07, 6.45) is 1.39. The van der Waals surface area contributed by atoms with Gasteiger partial charge in [0.2, 0.25) is 0 Å². The molecule has 2 aliphatic rings. The molecule has 1 aliphatic heterocycles. The van der Waals surface area contributed by atoms with Crippen molar-refractivity contribution in [2.75, 3.05) is 13.2 Å². The van der Waals surface area contributed by atoms with Crippen LogP contribution in [0.4, 0.5) is 0 Å². The molecule has 1 heterocycles. The highest BCUT2D eigenvalue weighted by molar-refractivity contribution is 7.99. The first-order valence-corrected chi connectivity index (χ1v) is 17.1. The molecule has 4 aromatic carbocycles. The van der Waals surface area contributed by atoms with Gasteiger partial charge in [-0.25, -0.2) is 9.59 Å². The minimum Gasteiger partial charge on any atom is -0.446 e. The summed E-state index contributed by atoms with van der Waals surface area (Å²) < 4.78 is 12.5. The van der Waals surface area contributed by atoms with E-state index in [0.717, 1.165) is 32.0 Å². The fourth-order valence-corrected chi connectivity index (χ4v) is 8.12. The van der Waals surface area contributed by atoms with E-state index in [9.17, 15) is 24.6 Å². The molecule has 0 spiro atoms. The van der Waals surface area contributed by atoms with Gasteiger partial charge in [0.25, 0.3) is 0 Å².